The van der Waals surface area contributed by atoms with Crippen molar-refractivity contribution in [3.63, 3.8) is 0 Å². The number of rotatable bonds is 5. The maximum absolute atomic E-state index is 12.3. The van der Waals surface area contributed by atoms with Crippen molar-refractivity contribution in [2.45, 2.75) is 31.8 Å². The highest BCUT2D eigenvalue weighted by Gasteiger charge is 2.21. The monoisotopic (exact) mass is 423 g/mol. The topological polar surface area (TPSA) is 108 Å². The number of ether oxygens (including phenoxy) is 1. The number of benzene rings is 2. The molecule has 2 aromatic carbocycles. The van der Waals surface area contributed by atoms with Gasteiger partial charge in [-0.3, -0.25) is 14.4 Å². The van der Waals surface area contributed by atoms with Crippen molar-refractivity contribution in [3.8, 4) is 5.75 Å². The summed E-state index contributed by atoms with van der Waals surface area (Å²) < 4.78 is 5.45. The Morgan fingerprint density at radius 1 is 1.10 bits per heavy atom. The summed E-state index contributed by atoms with van der Waals surface area (Å²) in [7, 11) is 0. The van der Waals surface area contributed by atoms with E-state index in [-0.39, 0.29) is 12.5 Å². The molecule has 0 aromatic heterocycles. The summed E-state index contributed by atoms with van der Waals surface area (Å²) in [6.07, 6.45) is 2.18. The highest BCUT2D eigenvalue weighted by molar-refractivity contribution is 6.39. The van der Waals surface area contributed by atoms with Crippen LogP contribution in [0.5, 0.6) is 5.75 Å². The number of anilines is 2. The Balaban J connectivity index is 1.32. The zero-order chi connectivity index (χ0) is 21.8. The number of aliphatic hydroxyl groups excluding tert-OH is 1. The van der Waals surface area contributed by atoms with E-state index in [1.807, 2.05) is 6.07 Å². The first-order chi connectivity index (χ1) is 15.0. The van der Waals surface area contributed by atoms with Gasteiger partial charge in [0.15, 0.2) is 0 Å². The van der Waals surface area contributed by atoms with Crippen LogP contribution >= 0.6 is 0 Å². The predicted octanol–water partition coefficient (Wildman–Crippen LogP) is 1.93. The lowest BCUT2D eigenvalue weighted by molar-refractivity contribution is -0.136. The van der Waals surface area contributed by atoms with Crippen LogP contribution in [0.3, 0.4) is 0 Å². The van der Waals surface area contributed by atoms with Gasteiger partial charge in [-0.15, -0.1) is 0 Å². The van der Waals surface area contributed by atoms with E-state index in [1.165, 1.54) is 0 Å². The van der Waals surface area contributed by atoms with Crippen molar-refractivity contribution in [2.24, 2.45) is 0 Å². The Hall–Kier alpha value is -3.39. The molecule has 2 aliphatic rings. The van der Waals surface area contributed by atoms with Crippen LogP contribution < -0.4 is 20.3 Å². The van der Waals surface area contributed by atoms with Crippen LogP contribution in [0.25, 0.3) is 0 Å². The van der Waals surface area contributed by atoms with E-state index >= 15 is 0 Å². The van der Waals surface area contributed by atoms with Gasteiger partial charge in [0.25, 0.3) is 0 Å². The van der Waals surface area contributed by atoms with E-state index in [0.717, 1.165) is 30.6 Å². The third-order valence-electron chi connectivity index (χ3n) is 5.50. The van der Waals surface area contributed by atoms with Gasteiger partial charge in [0.05, 0.1) is 12.7 Å². The molecule has 2 aromatic rings. The first-order valence-corrected chi connectivity index (χ1v) is 10.4. The summed E-state index contributed by atoms with van der Waals surface area (Å²) in [5, 5.41) is 15.4. The van der Waals surface area contributed by atoms with Crippen LogP contribution in [0.2, 0.25) is 0 Å². The fourth-order valence-corrected chi connectivity index (χ4v) is 3.82. The molecule has 8 heteroatoms. The lowest BCUT2D eigenvalue weighted by Gasteiger charge is -2.27. The molecule has 8 nitrogen and oxygen atoms in total. The van der Waals surface area contributed by atoms with E-state index in [2.05, 4.69) is 10.6 Å². The van der Waals surface area contributed by atoms with E-state index < -0.39 is 17.9 Å². The number of hydrogen-bond donors (Lipinski definition) is 3. The Kier molecular flexibility index (Phi) is 6.18. The van der Waals surface area contributed by atoms with E-state index in [4.69, 9.17) is 4.74 Å². The Labute approximate surface area is 180 Å². The molecule has 2 aliphatic heterocycles. The summed E-state index contributed by atoms with van der Waals surface area (Å²) in [4.78, 5) is 38.3. The summed E-state index contributed by atoms with van der Waals surface area (Å²) in [6.45, 7) is 1.18. The van der Waals surface area contributed by atoms with E-state index in [9.17, 15) is 19.5 Å². The molecule has 0 radical (unpaired) electrons. The minimum atomic E-state index is -0.934. The van der Waals surface area contributed by atoms with Crippen LogP contribution in [-0.4, -0.2) is 42.5 Å². The average molecular weight is 423 g/mol. The molecule has 2 heterocycles. The second-order valence-corrected chi connectivity index (χ2v) is 7.70. The van der Waals surface area contributed by atoms with Gasteiger partial charge in [-0.05, 0) is 54.3 Å². The van der Waals surface area contributed by atoms with Crippen LogP contribution in [0.15, 0.2) is 42.5 Å². The summed E-state index contributed by atoms with van der Waals surface area (Å²) in [5.74, 6) is -0.813. The average Bonchev–Trinajstić information content (AvgIpc) is 3.25. The van der Waals surface area contributed by atoms with Gasteiger partial charge in [-0.1, -0.05) is 12.1 Å². The van der Waals surface area contributed by atoms with Gasteiger partial charge < -0.3 is 25.4 Å². The summed E-state index contributed by atoms with van der Waals surface area (Å²) in [6, 6.07) is 12.3. The maximum atomic E-state index is 12.3. The number of piperidine rings is 1. The zero-order valence-corrected chi connectivity index (χ0v) is 17.1. The zero-order valence-electron chi connectivity index (χ0n) is 17.1. The molecule has 1 unspecified atom stereocenters. The largest absolute Gasteiger partial charge is 0.493 e. The fraction of sp³-hybridized carbons (Fsp3) is 0.348. The molecule has 3 amide bonds. The minimum Gasteiger partial charge on any atom is -0.493 e. The van der Waals surface area contributed by atoms with E-state index in [0.29, 0.717) is 36.5 Å². The molecule has 1 saturated heterocycles. The normalized spacial score (nSPS) is 16.3. The van der Waals surface area contributed by atoms with Gasteiger partial charge in [-0.2, -0.15) is 0 Å². The number of nitrogens with zero attached hydrogens (tertiary/aromatic N) is 1. The quantitative estimate of drug-likeness (QED) is 0.637. The van der Waals surface area contributed by atoms with Crippen molar-refractivity contribution in [1.82, 2.24) is 5.32 Å². The number of fused-ring (bicyclic) bond motifs is 1. The highest BCUT2D eigenvalue weighted by atomic mass is 16.5. The number of nitrogens with one attached hydrogen (secondary N) is 2. The van der Waals surface area contributed by atoms with E-state index in [1.54, 1.807) is 41.3 Å². The molecule has 0 spiro atoms. The van der Waals surface area contributed by atoms with Crippen molar-refractivity contribution < 1.29 is 24.2 Å². The maximum Gasteiger partial charge on any atom is 0.313 e. The second-order valence-electron chi connectivity index (χ2n) is 7.70. The lowest BCUT2D eigenvalue weighted by Crippen LogP contribution is -2.38. The van der Waals surface area contributed by atoms with Crippen LogP contribution in [0.1, 0.15) is 36.5 Å². The van der Waals surface area contributed by atoms with Crippen molar-refractivity contribution in [1.29, 1.82) is 0 Å². The standard InChI is InChI=1S/C23H25N3O5/c27-19(15-7-8-20-16(12-15)9-11-31-20)14-24-22(29)23(30)25-17-4-3-5-18(13-17)26-10-2-1-6-21(26)28/h3-5,7-8,12-13,19,27H,1-2,6,9-11,14H2,(H,24,29)(H,25,30). The van der Waals surface area contributed by atoms with Crippen molar-refractivity contribution >= 4 is 29.1 Å². The molecule has 0 bridgehead atoms. The lowest BCUT2D eigenvalue weighted by atomic mass is 10.0. The Morgan fingerprint density at radius 3 is 2.81 bits per heavy atom. The Bertz CT molecular complexity index is 1010. The number of aliphatic hydroxyl groups is 1. The van der Waals surface area contributed by atoms with Gasteiger partial charge in [-0.25, -0.2) is 0 Å². The van der Waals surface area contributed by atoms with Crippen molar-refractivity contribution in [2.75, 3.05) is 29.9 Å². The SMILES string of the molecule is O=C(NCC(O)c1ccc2c(c1)CCO2)C(=O)Nc1cccc(N2CCCCC2=O)c1. The van der Waals surface area contributed by atoms with Gasteiger partial charge in [0, 0.05) is 37.3 Å². The molecule has 0 aliphatic carbocycles. The molecule has 162 valence electrons. The third kappa shape index (κ3) is 4.86. The predicted molar refractivity (Wildman–Crippen MR) is 115 cm³/mol. The Morgan fingerprint density at radius 2 is 1.97 bits per heavy atom. The molecule has 4 rings (SSSR count). The summed E-state index contributed by atoms with van der Waals surface area (Å²) >= 11 is 0. The molecule has 1 atom stereocenters. The molecular formula is C23H25N3O5. The molecule has 1 fully saturated rings. The van der Waals surface area contributed by atoms with Gasteiger partial charge in [0.1, 0.15) is 5.75 Å². The number of amides is 3. The smallest absolute Gasteiger partial charge is 0.313 e. The molecule has 3 N–H and O–H groups in total. The number of carbonyl (C=O) groups is 3. The first kappa shape index (κ1) is 20.9. The number of hydrogen-bond acceptors (Lipinski definition) is 5. The van der Waals surface area contributed by atoms with Crippen molar-refractivity contribution in [3.05, 3.63) is 53.6 Å². The van der Waals surface area contributed by atoms with Crippen LogP contribution in [0, 0.1) is 0 Å². The van der Waals surface area contributed by atoms with Gasteiger partial charge in [0.2, 0.25) is 5.91 Å². The summed E-state index contributed by atoms with van der Waals surface area (Å²) in [5.41, 5.74) is 2.80. The number of carbonyl (C=O) groups excluding carboxylic acids is 3. The van der Waals surface area contributed by atoms with Crippen LogP contribution in [0.4, 0.5) is 11.4 Å². The third-order valence-corrected chi connectivity index (χ3v) is 5.50. The highest BCUT2D eigenvalue weighted by Crippen LogP contribution is 2.28. The molecular weight excluding hydrogens is 398 g/mol. The molecule has 0 saturated carbocycles. The minimum absolute atomic E-state index is 0.0552. The van der Waals surface area contributed by atoms with Crippen LogP contribution in [-0.2, 0) is 20.8 Å². The molecule has 31 heavy (non-hydrogen) atoms. The first-order valence-electron chi connectivity index (χ1n) is 10.4. The van der Waals surface area contributed by atoms with Gasteiger partial charge >= 0.3 is 11.8 Å². The fourth-order valence-electron chi connectivity index (χ4n) is 3.82. The second kappa shape index (κ2) is 9.18.